The van der Waals surface area contributed by atoms with E-state index in [4.69, 9.17) is 9.47 Å². The predicted molar refractivity (Wildman–Crippen MR) is 113 cm³/mol. The maximum atomic E-state index is 12.6. The molecular formula is C22H29N3O4. The first-order valence-electron chi connectivity index (χ1n) is 9.33. The van der Waals surface area contributed by atoms with Crippen LogP contribution in [0.4, 0.5) is 5.69 Å². The van der Waals surface area contributed by atoms with Crippen LogP contribution in [0.25, 0.3) is 0 Å². The molecule has 0 aromatic heterocycles. The highest BCUT2D eigenvalue weighted by atomic mass is 16.5. The molecule has 2 amide bonds. The number of benzene rings is 2. The van der Waals surface area contributed by atoms with E-state index in [-0.39, 0.29) is 24.9 Å². The quantitative estimate of drug-likeness (QED) is 0.702. The van der Waals surface area contributed by atoms with Gasteiger partial charge in [-0.25, -0.2) is 0 Å². The van der Waals surface area contributed by atoms with Crippen LogP contribution in [0.2, 0.25) is 0 Å². The summed E-state index contributed by atoms with van der Waals surface area (Å²) >= 11 is 0. The summed E-state index contributed by atoms with van der Waals surface area (Å²) in [5.74, 6) is 0.970. The van der Waals surface area contributed by atoms with Gasteiger partial charge in [-0.05, 0) is 32.2 Å². The summed E-state index contributed by atoms with van der Waals surface area (Å²) in [7, 11) is 6.62. The first kappa shape index (κ1) is 22.2. The number of likely N-dealkylation sites (N-methyl/N-ethyl adjacent to an activating group) is 2. The van der Waals surface area contributed by atoms with Gasteiger partial charge in [-0.15, -0.1) is 0 Å². The van der Waals surface area contributed by atoms with Crippen molar-refractivity contribution >= 4 is 17.5 Å². The molecule has 156 valence electrons. The molecule has 0 spiro atoms. The molecule has 0 bridgehead atoms. The van der Waals surface area contributed by atoms with Gasteiger partial charge in [0.05, 0.1) is 27.3 Å². The Kier molecular flexibility index (Phi) is 8.03. The first-order chi connectivity index (χ1) is 13.8. The summed E-state index contributed by atoms with van der Waals surface area (Å²) in [6, 6.07) is 13.1. The zero-order chi connectivity index (χ0) is 21.4. The van der Waals surface area contributed by atoms with Gasteiger partial charge in [0, 0.05) is 24.8 Å². The van der Waals surface area contributed by atoms with E-state index in [9.17, 15) is 9.59 Å². The second-order valence-corrected chi connectivity index (χ2v) is 6.99. The number of amides is 2. The van der Waals surface area contributed by atoms with E-state index >= 15 is 0 Å². The van der Waals surface area contributed by atoms with Gasteiger partial charge in [0.1, 0.15) is 0 Å². The van der Waals surface area contributed by atoms with Crippen molar-refractivity contribution in [2.24, 2.45) is 0 Å². The SMILES string of the molecule is COc1cccc(CN(C)C(=O)CN(C)CC(=O)Nc2ccc(C)cc2)c1OC. The first-order valence-corrected chi connectivity index (χ1v) is 9.33. The minimum Gasteiger partial charge on any atom is -0.493 e. The molecule has 2 aromatic carbocycles. The van der Waals surface area contributed by atoms with Crippen LogP contribution in [0, 0.1) is 6.92 Å². The monoisotopic (exact) mass is 399 g/mol. The number of carbonyl (C=O) groups is 2. The molecule has 2 rings (SSSR count). The number of rotatable bonds is 9. The Balaban J connectivity index is 1.88. The number of nitrogens with zero attached hydrogens (tertiary/aromatic N) is 2. The zero-order valence-electron chi connectivity index (χ0n) is 17.7. The fourth-order valence-electron chi connectivity index (χ4n) is 2.91. The van der Waals surface area contributed by atoms with E-state index in [1.807, 2.05) is 49.4 Å². The van der Waals surface area contributed by atoms with Crippen molar-refractivity contribution in [1.29, 1.82) is 0 Å². The molecule has 0 fully saturated rings. The Morgan fingerprint density at radius 1 is 0.966 bits per heavy atom. The number of hydrogen-bond acceptors (Lipinski definition) is 5. The second-order valence-electron chi connectivity index (χ2n) is 6.99. The van der Waals surface area contributed by atoms with Crippen LogP contribution in [0.1, 0.15) is 11.1 Å². The van der Waals surface area contributed by atoms with E-state index < -0.39 is 0 Å². The van der Waals surface area contributed by atoms with Crippen molar-refractivity contribution in [1.82, 2.24) is 9.80 Å². The van der Waals surface area contributed by atoms with Crippen LogP contribution in [-0.4, -0.2) is 63.0 Å². The number of ether oxygens (including phenoxy) is 2. The molecule has 0 saturated carbocycles. The third kappa shape index (κ3) is 6.50. The molecule has 0 aliphatic rings. The Hall–Kier alpha value is -3.06. The lowest BCUT2D eigenvalue weighted by Crippen LogP contribution is -2.39. The van der Waals surface area contributed by atoms with E-state index in [0.29, 0.717) is 18.0 Å². The Morgan fingerprint density at radius 3 is 2.28 bits per heavy atom. The van der Waals surface area contributed by atoms with Crippen LogP contribution in [0.5, 0.6) is 11.5 Å². The summed E-state index contributed by atoms with van der Waals surface area (Å²) in [6.07, 6.45) is 0. The highest BCUT2D eigenvalue weighted by Gasteiger charge is 2.17. The normalized spacial score (nSPS) is 10.6. The van der Waals surface area contributed by atoms with Gasteiger partial charge >= 0.3 is 0 Å². The van der Waals surface area contributed by atoms with Crippen molar-refractivity contribution in [3.8, 4) is 11.5 Å². The van der Waals surface area contributed by atoms with Crippen molar-refractivity contribution < 1.29 is 19.1 Å². The topological polar surface area (TPSA) is 71.1 Å². The molecule has 7 heteroatoms. The van der Waals surface area contributed by atoms with Crippen LogP contribution >= 0.6 is 0 Å². The number of hydrogen-bond donors (Lipinski definition) is 1. The minimum atomic E-state index is -0.165. The molecule has 29 heavy (non-hydrogen) atoms. The van der Waals surface area contributed by atoms with E-state index in [1.54, 1.807) is 38.1 Å². The third-order valence-corrected chi connectivity index (χ3v) is 4.47. The van der Waals surface area contributed by atoms with Crippen molar-refractivity contribution in [2.45, 2.75) is 13.5 Å². The van der Waals surface area contributed by atoms with Gasteiger partial charge in [0.25, 0.3) is 0 Å². The highest BCUT2D eigenvalue weighted by Crippen LogP contribution is 2.31. The van der Waals surface area contributed by atoms with Crippen LogP contribution in [0.3, 0.4) is 0 Å². The molecular weight excluding hydrogens is 370 g/mol. The van der Waals surface area contributed by atoms with E-state index in [1.165, 1.54) is 0 Å². The summed E-state index contributed by atoms with van der Waals surface area (Å²) in [5.41, 5.74) is 2.71. The lowest BCUT2D eigenvalue weighted by atomic mass is 10.1. The molecule has 0 unspecified atom stereocenters. The summed E-state index contributed by atoms with van der Waals surface area (Å²) in [6.45, 7) is 2.62. The summed E-state index contributed by atoms with van der Waals surface area (Å²) in [4.78, 5) is 28.1. The molecule has 0 aliphatic heterocycles. The smallest absolute Gasteiger partial charge is 0.238 e. The predicted octanol–water partition coefficient (Wildman–Crippen LogP) is 2.54. The molecule has 0 atom stereocenters. The zero-order valence-corrected chi connectivity index (χ0v) is 17.7. The van der Waals surface area contributed by atoms with Crippen molar-refractivity contribution in [2.75, 3.05) is 46.7 Å². The molecule has 0 saturated heterocycles. The van der Waals surface area contributed by atoms with Gasteiger partial charge in [-0.3, -0.25) is 14.5 Å². The van der Waals surface area contributed by atoms with Crippen LogP contribution in [-0.2, 0) is 16.1 Å². The molecule has 1 N–H and O–H groups in total. The lowest BCUT2D eigenvalue weighted by molar-refractivity contribution is -0.131. The van der Waals surface area contributed by atoms with Crippen molar-refractivity contribution in [3.63, 3.8) is 0 Å². The maximum absolute atomic E-state index is 12.6. The van der Waals surface area contributed by atoms with Gasteiger partial charge in [0.2, 0.25) is 11.8 Å². The number of anilines is 1. The standard InChI is InChI=1S/C22H29N3O4/c1-16-9-11-18(12-10-16)23-20(26)14-24(2)15-21(27)25(3)13-17-7-6-8-19(28-4)22(17)29-5/h6-12H,13-15H2,1-5H3,(H,23,26). The van der Waals surface area contributed by atoms with Crippen LogP contribution in [0.15, 0.2) is 42.5 Å². The average Bonchev–Trinajstić information content (AvgIpc) is 2.69. The Morgan fingerprint density at radius 2 is 1.66 bits per heavy atom. The Bertz CT molecular complexity index is 836. The molecule has 0 heterocycles. The minimum absolute atomic E-state index is 0.0968. The molecule has 7 nitrogen and oxygen atoms in total. The van der Waals surface area contributed by atoms with Gasteiger partial charge < -0.3 is 19.7 Å². The number of para-hydroxylation sites is 1. The van der Waals surface area contributed by atoms with Gasteiger partial charge in [-0.1, -0.05) is 29.8 Å². The maximum Gasteiger partial charge on any atom is 0.238 e. The lowest BCUT2D eigenvalue weighted by Gasteiger charge is -2.23. The highest BCUT2D eigenvalue weighted by molar-refractivity contribution is 5.92. The number of aryl methyl sites for hydroxylation is 1. The van der Waals surface area contributed by atoms with Crippen LogP contribution < -0.4 is 14.8 Å². The van der Waals surface area contributed by atoms with Gasteiger partial charge in [-0.2, -0.15) is 0 Å². The van der Waals surface area contributed by atoms with E-state index in [2.05, 4.69) is 5.32 Å². The average molecular weight is 399 g/mol. The molecule has 0 aliphatic carbocycles. The second kappa shape index (κ2) is 10.5. The third-order valence-electron chi connectivity index (χ3n) is 4.47. The van der Waals surface area contributed by atoms with E-state index in [0.717, 1.165) is 16.8 Å². The number of carbonyl (C=O) groups excluding carboxylic acids is 2. The number of methoxy groups -OCH3 is 2. The molecule has 2 aromatic rings. The number of nitrogens with one attached hydrogen (secondary N) is 1. The van der Waals surface area contributed by atoms with Crippen molar-refractivity contribution in [3.05, 3.63) is 53.6 Å². The molecule has 0 radical (unpaired) electrons. The Labute approximate surface area is 172 Å². The van der Waals surface area contributed by atoms with Gasteiger partial charge in [0.15, 0.2) is 11.5 Å². The largest absolute Gasteiger partial charge is 0.493 e. The fourth-order valence-corrected chi connectivity index (χ4v) is 2.91. The summed E-state index contributed by atoms with van der Waals surface area (Å²) < 4.78 is 10.7. The summed E-state index contributed by atoms with van der Waals surface area (Å²) in [5, 5.41) is 2.83. The fraction of sp³-hybridized carbons (Fsp3) is 0.364.